The molecular weight excluding hydrogens is 378 g/mol. The molecule has 1 aliphatic rings. The van der Waals surface area contributed by atoms with Crippen LogP contribution in [0.5, 0.6) is 0 Å². The molecule has 7 heteroatoms. The maximum absolute atomic E-state index is 12.2. The number of hydrogen-bond acceptors (Lipinski definition) is 5. The number of halogens is 1. The van der Waals surface area contributed by atoms with Crippen LogP contribution in [0.2, 0.25) is 0 Å². The van der Waals surface area contributed by atoms with E-state index in [1.807, 2.05) is 18.3 Å². The number of aromatic nitrogens is 1. The monoisotopic (exact) mass is 395 g/mol. The van der Waals surface area contributed by atoms with Crippen molar-refractivity contribution in [2.75, 3.05) is 19.0 Å². The van der Waals surface area contributed by atoms with Crippen molar-refractivity contribution >= 4 is 38.3 Å². The Bertz CT molecular complexity index is 691. The quantitative estimate of drug-likeness (QED) is 0.816. The number of methoxy groups -OCH3 is 1. The molecule has 1 aromatic heterocycles. The van der Waals surface area contributed by atoms with Crippen molar-refractivity contribution in [2.45, 2.75) is 25.0 Å². The lowest BCUT2D eigenvalue weighted by molar-refractivity contribution is -0.118. The van der Waals surface area contributed by atoms with Gasteiger partial charge >= 0.3 is 0 Å². The highest BCUT2D eigenvalue weighted by Crippen LogP contribution is 2.23. The van der Waals surface area contributed by atoms with E-state index < -0.39 is 0 Å². The Morgan fingerprint density at radius 3 is 3.17 bits per heavy atom. The van der Waals surface area contributed by atoms with Crippen LogP contribution in [0.4, 0.5) is 5.13 Å². The Hall–Kier alpha value is -1.28. The highest BCUT2D eigenvalue weighted by Gasteiger charge is 2.29. The third-order valence-corrected chi connectivity index (χ3v) is 5.20. The molecule has 3 rings (SSSR count). The first-order valence-electron chi connectivity index (χ1n) is 7.40. The summed E-state index contributed by atoms with van der Waals surface area (Å²) in [6, 6.07) is 7.98. The second kappa shape index (κ2) is 7.53. The molecule has 0 spiro atoms. The highest BCUT2D eigenvalue weighted by atomic mass is 79.9. The smallest absolute Gasteiger partial charge is 0.243 e. The molecular formula is C16H18BrN3O2S. The minimum Gasteiger partial charge on any atom is -0.380 e. The van der Waals surface area contributed by atoms with E-state index in [9.17, 15) is 4.79 Å². The largest absolute Gasteiger partial charge is 0.380 e. The highest BCUT2D eigenvalue weighted by molar-refractivity contribution is 9.10. The number of anilines is 1. The number of carbonyl (C=O) groups is 1. The summed E-state index contributed by atoms with van der Waals surface area (Å²) >= 11 is 4.99. The second-order valence-electron chi connectivity index (χ2n) is 5.48. The molecule has 23 heavy (non-hydrogen) atoms. The van der Waals surface area contributed by atoms with Gasteiger partial charge in [-0.1, -0.05) is 28.1 Å². The molecule has 2 atom stereocenters. The summed E-state index contributed by atoms with van der Waals surface area (Å²) in [5.74, 6) is -0.0482. The van der Waals surface area contributed by atoms with Crippen molar-refractivity contribution in [1.29, 1.82) is 0 Å². The van der Waals surface area contributed by atoms with Crippen LogP contribution in [-0.4, -0.2) is 36.7 Å². The molecule has 1 aliphatic heterocycles. The Morgan fingerprint density at radius 1 is 1.57 bits per heavy atom. The molecule has 0 bridgehead atoms. The third-order valence-electron chi connectivity index (χ3n) is 3.79. The Morgan fingerprint density at radius 2 is 2.43 bits per heavy atom. The summed E-state index contributed by atoms with van der Waals surface area (Å²) < 4.78 is 6.33. The number of nitrogens with zero attached hydrogens (tertiary/aromatic N) is 1. The van der Waals surface area contributed by atoms with Crippen LogP contribution in [-0.2, 0) is 16.0 Å². The molecule has 0 aliphatic carbocycles. The molecule has 1 aromatic carbocycles. The van der Waals surface area contributed by atoms with Gasteiger partial charge in [0.2, 0.25) is 5.91 Å². The maximum Gasteiger partial charge on any atom is 0.243 e. The van der Waals surface area contributed by atoms with Crippen molar-refractivity contribution in [1.82, 2.24) is 10.3 Å². The fourth-order valence-corrected chi connectivity index (χ4v) is 3.87. The topological polar surface area (TPSA) is 63.2 Å². The van der Waals surface area contributed by atoms with Gasteiger partial charge in [0.15, 0.2) is 5.13 Å². The van der Waals surface area contributed by atoms with Gasteiger partial charge in [-0.3, -0.25) is 4.79 Å². The van der Waals surface area contributed by atoms with Crippen LogP contribution < -0.4 is 10.6 Å². The number of benzene rings is 1. The number of ether oxygens (including phenoxy) is 1. The van der Waals surface area contributed by atoms with Gasteiger partial charge in [-0.15, -0.1) is 11.3 Å². The lowest BCUT2D eigenvalue weighted by Gasteiger charge is -2.09. The van der Waals surface area contributed by atoms with E-state index in [4.69, 9.17) is 4.74 Å². The molecule has 0 saturated carbocycles. The van der Waals surface area contributed by atoms with E-state index in [0.717, 1.165) is 15.8 Å². The minimum absolute atomic E-state index is 0.0482. The second-order valence-corrected chi connectivity index (χ2v) is 7.51. The average molecular weight is 396 g/mol. The molecule has 2 N–H and O–H groups in total. The van der Waals surface area contributed by atoms with Crippen molar-refractivity contribution in [3.05, 3.63) is 45.4 Å². The number of nitrogens with one attached hydrogen (secondary N) is 2. The third kappa shape index (κ3) is 4.38. The number of carbonyl (C=O) groups excluding carboxylic acids is 1. The number of thiazole rings is 1. The van der Waals surface area contributed by atoms with E-state index >= 15 is 0 Å². The van der Waals surface area contributed by atoms with Crippen LogP contribution in [0.1, 0.15) is 16.9 Å². The van der Waals surface area contributed by atoms with Crippen LogP contribution in [0.15, 0.2) is 34.9 Å². The summed E-state index contributed by atoms with van der Waals surface area (Å²) in [5.41, 5.74) is 1.21. The lowest BCUT2D eigenvalue weighted by Crippen LogP contribution is -2.35. The van der Waals surface area contributed by atoms with Gasteiger partial charge in [0, 0.05) is 35.6 Å². The van der Waals surface area contributed by atoms with Crippen LogP contribution in [0.25, 0.3) is 0 Å². The van der Waals surface area contributed by atoms with Gasteiger partial charge in [0.25, 0.3) is 0 Å². The zero-order valence-electron chi connectivity index (χ0n) is 12.7. The normalized spacial score (nSPS) is 20.6. The van der Waals surface area contributed by atoms with E-state index in [1.165, 1.54) is 16.9 Å². The summed E-state index contributed by atoms with van der Waals surface area (Å²) in [6.45, 7) is 0.709. The van der Waals surface area contributed by atoms with Gasteiger partial charge < -0.3 is 15.4 Å². The lowest BCUT2D eigenvalue weighted by atomic mass is 10.1. The zero-order chi connectivity index (χ0) is 16.2. The van der Waals surface area contributed by atoms with E-state index in [1.54, 1.807) is 7.11 Å². The minimum atomic E-state index is -0.211. The van der Waals surface area contributed by atoms with Gasteiger partial charge in [-0.25, -0.2) is 4.98 Å². The first kappa shape index (κ1) is 16.6. The SMILES string of the molecule is CO[C@@H]1CN[C@@H](C(=O)Nc2ncc(Cc3cccc(Br)c3)s2)C1. The molecule has 0 unspecified atom stereocenters. The number of amides is 1. The molecule has 0 radical (unpaired) electrons. The Labute approximate surface area is 147 Å². The standard InChI is InChI=1S/C16H18BrN3O2S/c1-22-12-7-14(18-8-12)15(21)20-16-19-9-13(23-16)6-10-3-2-4-11(17)5-10/h2-5,9,12,14,18H,6-8H2,1H3,(H,19,20,21)/t12-,14+/m0/s1. The Balaban J connectivity index is 1.58. The van der Waals surface area contributed by atoms with Crippen molar-refractivity contribution in [2.24, 2.45) is 0 Å². The maximum atomic E-state index is 12.2. The van der Waals surface area contributed by atoms with E-state index in [0.29, 0.717) is 18.1 Å². The van der Waals surface area contributed by atoms with Crippen LogP contribution >= 0.6 is 27.3 Å². The Kier molecular flexibility index (Phi) is 5.42. The number of hydrogen-bond donors (Lipinski definition) is 2. The summed E-state index contributed by atoms with van der Waals surface area (Å²) in [7, 11) is 1.67. The number of rotatable bonds is 5. The van der Waals surface area contributed by atoms with E-state index in [-0.39, 0.29) is 18.1 Å². The van der Waals surface area contributed by atoms with Gasteiger partial charge in [-0.05, 0) is 24.1 Å². The summed E-state index contributed by atoms with van der Waals surface area (Å²) in [4.78, 5) is 17.6. The molecule has 1 fully saturated rings. The molecule has 2 aromatic rings. The molecule has 1 saturated heterocycles. The fraction of sp³-hybridized carbons (Fsp3) is 0.375. The molecule has 2 heterocycles. The average Bonchev–Trinajstić information content (AvgIpc) is 3.16. The molecule has 1 amide bonds. The van der Waals surface area contributed by atoms with Crippen molar-refractivity contribution in [3.8, 4) is 0 Å². The van der Waals surface area contributed by atoms with Crippen LogP contribution in [0.3, 0.4) is 0 Å². The van der Waals surface area contributed by atoms with E-state index in [2.05, 4.69) is 43.7 Å². The first-order valence-corrected chi connectivity index (χ1v) is 9.01. The van der Waals surface area contributed by atoms with Crippen molar-refractivity contribution < 1.29 is 9.53 Å². The van der Waals surface area contributed by atoms with Gasteiger partial charge in [0.05, 0.1) is 12.1 Å². The molecule has 122 valence electrons. The zero-order valence-corrected chi connectivity index (χ0v) is 15.1. The predicted octanol–water partition coefficient (Wildman–Crippen LogP) is 2.81. The predicted molar refractivity (Wildman–Crippen MR) is 94.9 cm³/mol. The summed E-state index contributed by atoms with van der Waals surface area (Å²) in [6.07, 6.45) is 3.43. The van der Waals surface area contributed by atoms with Gasteiger partial charge in [-0.2, -0.15) is 0 Å². The van der Waals surface area contributed by atoms with Crippen molar-refractivity contribution in [3.63, 3.8) is 0 Å². The molecule has 5 nitrogen and oxygen atoms in total. The first-order chi connectivity index (χ1) is 11.1. The van der Waals surface area contributed by atoms with Gasteiger partial charge in [0.1, 0.15) is 0 Å². The fourth-order valence-electron chi connectivity index (χ4n) is 2.57. The van der Waals surface area contributed by atoms with Crippen LogP contribution in [0, 0.1) is 0 Å². The summed E-state index contributed by atoms with van der Waals surface area (Å²) in [5, 5.41) is 6.69.